The number of ether oxygens (including phenoxy) is 2. The molecule has 1 fully saturated rings. The van der Waals surface area contributed by atoms with Gasteiger partial charge < -0.3 is 39.4 Å². The Morgan fingerprint density at radius 3 is 2.56 bits per heavy atom. The molecular weight excluding hydrogens is 539 g/mol. The van der Waals surface area contributed by atoms with E-state index in [1.807, 2.05) is 4.98 Å². The van der Waals surface area contributed by atoms with Gasteiger partial charge in [0.25, 0.3) is 5.56 Å². The third-order valence-corrected chi connectivity index (χ3v) is 7.40. The van der Waals surface area contributed by atoms with Crippen LogP contribution < -0.4 is 85.5 Å². The van der Waals surface area contributed by atoms with Crippen molar-refractivity contribution in [1.82, 2.24) is 14.9 Å². The van der Waals surface area contributed by atoms with Gasteiger partial charge in [0.05, 0.1) is 4.88 Å². The number of benzene rings is 1. The number of amides is 1. The molecule has 2 aromatic heterocycles. The zero-order chi connectivity index (χ0) is 24.6. The molecule has 3 heterocycles. The van der Waals surface area contributed by atoms with Crippen molar-refractivity contribution >= 4 is 35.1 Å². The Morgan fingerprint density at radius 1 is 1.22 bits per heavy atom. The van der Waals surface area contributed by atoms with Crippen LogP contribution in [0.5, 0.6) is 0 Å². The maximum absolute atomic E-state index is 12.3. The number of H-pyrrole nitrogens is 1. The number of nitrogens with zero attached hydrogens (tertiary/aromatic N) is 1. The van der Waals surface area contributed by atoms with Gasteiger partial charge in [0, 0.05) is 23.5 Å². The number of alkyl carbamates (subject to hydrolysis) is 1. The Labute approximate surface area is 251 Å². The molecule has 1 aromatic carbocycles. The van der Waals surface area contributed by atoms with Crippen molar-refractivity contribution in [1.29, 1.82) is 0 Å². The summed E-state index contributed by atoms with van der Waals surface area (Å²) in [4.78, 5) is 60.9. The van der Waals surface area contributed by atoms with Crippen LogP contribution in [0.1, 0.15) is 17.0 Å². The first-order chi connectivity index (χ1) is 16.0. The van der Waals surface area contributed by atoms with Crippen molar-refractivity contribution in [3.05, 3.63) is 68.3 Å². The minimum Gasteiger partial charge on any atom is -0.808 e. The molecule has 1 aliphatic heterocycles. The molecule has 4 N–H and O–H groups in total. The van der Waals surface area contributed by atoms with Crippen molar-refractivity contribution in [3.63, 3.8) is 0 Å². The number of fused-ring (bicyclic) bond motifs is 1. The van der Waals surface area contributed by atoms with Crippen molar-refractivity contribution < 1.29 is 97.9 Å². The third kappa shape index (κ3) is 6.97. The topological polar surface area (TPSA) is 206 Å². The van der Waals surface area contributed by atoms with Gasteiger partial charge in [-0.15, -0.1) is 11.3 Å². The van der Waals surface area contributed by atoms with E-state index in [2.05, 4.69) is 5.32 Å². The van der Waals surface area contributed by atoms with Crippen LogP contribution in [0.4, 0.5) is 4.79 Å². The van der Waals surface area contributed by atoms with Gasteiger partial charge in [0.2, 0.25) is 0 Å². The molecule has 4 rings (SSSR count). The second-order valence-electron chi connectivity index (χ2n) is 7.43. The van der Waals surface area contributed by atoms with Gasteiger partial charge >= 0.3 is 70.9 Å². The molecule has 3 aromatic rings. The molecule has 0 spiro atoms. The standard InChI is InChI=1S/C19H20N3O10PS.2Na/c23-13-5-6-22(18(26)21-13)16-15(25)14(24)10(31-16)8-20-19(27)32-17(33(28,29)30)12-7-9-3-1-2-4-11(9)34-12;;/h1-7,10,14-17,24-25H,8H2,(H,20,27)(H,21,23,26)(H2,28,29,30);;/q;2*+1/p-2/t10-,14-,15-,16-,17?;;/m1../s1. The van der Waals surface area contributed by atoms with E-state index in [0.717, 1.165) is 28.2 Å². The fraction of sp³-hybridized carbons (Fsp3) is 0.316. The third-order valence-electron chi connectivity index (χ3n) is 5.10. The predicted molar refractivity (Wildman–Crippen MR) is 114 cm³/mol. The predicted octanol–water partition coefficient (Wildman–Crippen LogP) is -7.28. The summed E-state index contributed by atoms with van der Waals surface area (Å²) in [5.41, 5.74) is -1.55. The van der Waals surface area contributed by atoms with Gasteiger partial charge in [0.1, 0.15) is 18.3 Å². The van der Waals surface area contributed by atoms with E-state index in [-0.39, 0.29) is 64.0 Å². The van der Waals surface area contributed by atoms with Crippen LogP contribution >= 0.6 is 18.9 Å². The first kappa shape index (κ1) is 31.4. The van der Waals surface area contributed by atoms with Gasteiger partial charge in [-0.1, -0.05) is 18.2 Å². The fourth-order valence-corrected chi connectivity index (χ4v) is 5.62. The van der Waals surface area contributed by atoms with Gasteiger partial charge in [-0.3, -0.25) is 14.3 Å². The Morgan fingerprint density at radius 2 is 1.92 bits per heavy atom. The van der Waals surface area contributed by atoms with E-state index in [9.17, 15) is 38.9 Å². The number of carbonyl (C=O) groups is 1. The van der Waals surface area contributed by atoms with E-state index in [4.69, 9.17) is 9.47 Å². The number of aliphatic hydroxyl groups excluding tert-OH is 2. The zero-order valence-corrected chi connectivity index (χ0v) is 24.8. The molecule has 17 heteroatoms. The number of carbonyl (C=O) groups excluding carboxylic acids is 1. The van der Waals surface area contributed by atoms with Crippen LogP contribution in [-0.4, -0.2) is 50.7 Å². The smallest absolute Gasteiger partial charge is 0.808 e. The molecule has 0 bridgehead atoms. The molecule has 1 aliphatic rings. The SMILES string of the molecule is O=C(NC[C@H]1O[C@@H](n2ccc(=O)[nH]c2=O)[C@H](O)[C@@H]1O)OC(c1cc2ccccc2s1)P(=O)([O-])[O-].[Na+].[Na+]. The number of aromatic nitrogens is 2. The summed E-state index contributed by atoms with van der Waals surface area (Å²) in [7, 11) is -5.40. The zero-order valence-electron chi connectivity index (χ0n) is 19.1. The minimum absolute atomic E-state index is 0. The van der Waals surface area contributed by atoms with Gasteiger partial charge in [0.15, 0.2) is 12.1 Å². The van der Waals surface area contributed by atoms with Crippen LogP contribution in [0.3, 0.4) is 0 Å². The molecule has 36 heavy (non-hydrogen) atoms. The molecule has 1 amide bonds. The number of aliphatic hydroxyl groups is 2. The minimum atomic E-state index is -5.40. The molecule has 13 nitrogen and oxygen atoms in total. The average molecular weight is 557 g/mol. The number of hydrogen-bond donors (Lipinski definition) is 4. The maximum Gasteiger partial charge on any atom is 1.00 e. The summed E-state index contributed by atoms with van der Waals surface area (Å²) >= 11 is 0.986. The van der Waals surface area contributed by atoms with Gasteiger partial charge in [-0.05, 0) is 25.1 Å². The molecule has 0 radical (unpaired) electrons. The van der Waals surface area contributed by atoms with E-state index < -0.39 is 61.9 Å². The summed E-state index contributed by atoms with van der Waals surface area (Å²) in [5, 5.41) is 23.3. The molecule has 182 valence electrons. The Bertz CT molecular complexity index is 1340. The second kappa shape index (κ2) is 12.8. The second-order valence-corrected chi connectivity index (χ2v) is 10.1. The number of aromatic amines is 1. The van der Waals surface area contributed by atoms with E-state index in [0.29, 0.717) is 10.1 Å². The van der Waals surface area contributed by atoms with Crippen molar-refractivity contribution in [3.8, 4) is 0 Å². The Kier molecular flexibility index (Phi) is 11.2. The van der Waals surface area contributed by atoms with Gasteiger partial charge in [-0.2, -0.15) is 0 Å². The van der Waals surface area contributed by atoms with E-state index >= 15 is 0 Å². The summed E-state index contributed by atoms with van der Waals surface area (Å²) in [6.45, 7) is -0.452. The average Bonchev–Trinajstić information content (AvgIpc) is 3.31. The molecule has 0 aliphatic carbocycles. The van der Waals surface area contributed by atoms with Gasteiger partial charge in [-0.25, -0.2) is 9.59 Å². The Hall–Kier alpha value is -0.840. The van der Waals surface area contributed by atoms with Crippen molar-refractivity contribution in [2.45, 2.75) is 30.4 Å². The molecule has 1 unspecified atom stereocenters. The largest absolute Gasteiger partial charge is 1.00 e. The number of nitrogens with one attached hydrogen (secondary N) is 2. The molecule has 1 saturated heterocycles. The molecule has 5 atom stereocenters. The van der Waals surface area contributed by atoms with Crippen LogP contribution in [0.15, 0.2) is 52.2 Å². The summed E-state index contributed by atoms with van der Waals surface area (Å²) in [5.74, 6) is -2.07. The van der Waals surface area contributed by atoms with Crippen LogP contribution in [0, 0.1) is 0 Å². The first-order valence-corrected chi connectivity index (χ1v) is 12.2. The molecular formula is C19H18N3Na2O10PS. The van der Waals surface area contributed by atoms with Crippen molar-refractivity contribution in [2.75, 3.05) is 6.54 Å². The monoisotopic (exact) mass is 557 g/mol. The van der Waals surface area contributed by atoms with Crippen LogP contribution in [0.25, 0.3) is 10.1 Å². The van der Waals surface area contributed by atoms with Crippen LogP contribution in [-0.2, 0) is 14.0 Å². The fourth-order valence-electron chi connectivity index (χ4n) is 3.48. The van der Waals surface area contributed by atoms with E-state index in [1.165, 1.54) is 6.07 Å². The first-order valence-electron chi connectivity index (χ1n) is 9.82. The summed E-state index contributed by atoms with van der Waals surface area (Å²) in [6, 6.07) is 9.34. The normalized spacial score (nSPS) is 22.3. The summed E-state index contributed by atoms with van der Waals surface area (Å²) in [6.07, 6.45) is -5.92. The molecule has 0 saturated carbocycles. The number of hydrogen-bond acceptors (Lipinski definition) is 11. The van der Waals surface area contributed by atoms with Crippen molar-refractivity contribution in [2.24, 2.45) is 0 Å². The Balaban J connectivity index is 0.00000228. The quantitative estimate of drug-likeness (QED) is 0.166. The van der Waals surface area contributed by atoms with E-state index in [1.54, 1.807) is 24.3 Å². The summed E-state index contributed by atoms with van der Waals surface area (Å²) < 4.78 is 23.6. The van der Waals surface area contributed by atoms with Crippen LogP contribution in [0.2, 0.25) is 0 Å². The number of rotatable bonds is 6. The maximum atomic E-state index is 12.3. The number of thiophene rings is 1.